The molecule has 38 heavy (non-hydrogen) atoms. The van der Waals surface area contributed by atoms with Gasteiger partial charge in [-0.3, -0.25) is 14.8 Å². The fourth-order valence-electron chi connectivity index (χ4n) is 3.38. The third kappa shape index (κ3) is 8.65. The molecular formula is C23H29Cl2N5O7S. The number of aliphatic imine (C=N–C) groups is 1. The smallest absolute Gasteiger partial charge is 0.328 e. The number of carbonyl (C=O) groups excluding carboxylic acids is 1. The number of hydrazine groups is 1. The molecular weight excluding hydrogens is 561 g/mol. The second-order valence-electron chi connectivity index (χ2n) is 7.93. The van der Waals surface area contributed by atoms with Crippen LogP contribution in [0.2, 0.25) is 10.0 Å². The summed E-state index contributed by atoms with van der Waals surface area (Å²) in [7, 11) is -1.47. The number of hydrogen-bond acceptors (Lipinski definition) is 8. The van der Waals surface area contributed by atoms with Gasteiger partial charge >= 0.3 is 5.97 Å². The summed E-state index contributed by atoms with van der Waals surface area (Å²) >= 11 is 12.0. The Balaban J connectivity index is 2.34. The molecule has 0 saturated heterocycles. The van der Waals surface area contributed by atoms with Crippen LogP contribution in [0.3, 0.4) is 0 Å². The van der Waals surface area contributed by atoms with E-state index in [9.17, 15) is 23.1 Å². The van der Waals surface area contributed by atoms with Gasteiger partial charge in [0.1, 0.15) is 11.8 Å². The third-order valence-electron chi connectivity index (χ3n) is 5.26. The number of aliphatic carboxylic acids is 1. The molecule has 0 unspecified atom stereocenters. The van der Waals surface area contributed by atoms with Gasteiger partial charge in [0.2, 0.25) is 0 Å². The molecule has 0 spiro atoms. The second kappa shape index (κ2) is 14.0. The zero-order valence-corrected chi connectivity index (χ0v) is 23.0. The number of ether oxygens (including phenoxy) is 2. The van der Waals surface area contributed by atoms with Gasteiger partial charge in [-0.2, -0.15) is 0 Å². The Kier molecular flexibility index (Phi) is 11.4. The number of carboxylic acid groups (broad SMARTS) is 1. The maximum absolute atomic E-state index is 13.3. The van der Waals surface area contributed by atoms with Gasteiger partial charge in [-0.15, -0.1) is 0 Å². The third-order valence-corrected chi connectivity index (χ3v) is 7.60. The first-order chi connectivity index (χ1) is 17.9. The fourth-order valence-corrected chi connectivity index (χ4v) is 4.89. The molecule has 0 heterocycles. The number of sulfone groups is 1. The highest BCUT2D eigenvalue weighted by molar-refractivity contribution is 7.92. The Morgan fingerprint density at radius 2 is 1.76 bits per heavy atom. The summed E-state index contributed by atoms with van der Waals surface area (Å²) in [5.41, 5.74) is 13.9. The van der Waals surface area contributed by atoms with Crippen LogP contribution in [0.1, 0.15) is 18.4 Å². The summed E-state index contributed by atoms with van der Waals surface area (Å²) < 4.78 is 36.5. The van der Waals surface area contributed by atoms with Crippen LogP contribution in [0.15, 0.2) is 46.3 Å². The summed E-state index contributed by atoms with van der Waals surface area (Å²) in [4.78, 5) is 29.0. The first-order valence-electron chi connectivity index (χ1n) is 11.1. The van der Waals surface area contributed by atoms with Crippen LogP contribution in [0.4, 0.5) is 0 Å². The Morgan fingerprint density at radius 1 is 1.08 bits per heavy atom. The molecule has 0 radical (unpaired) electrons. The van der Waals surface area contributed by atoms with Crippen LogP contribution in [0.5, 0.6) is 11.5 Å². The van der Waals surface area contributed by atoms with Crippen molar-refractivity contribution in [2.75, 3.05) is 26.5 Å². The molecule has 0 aliphatic rings. The van der Waals surface area contributed by atoms with Crippen molar-refractivity contribution in [1.82, 2.24) is 10.4 Å². The quantitative estimate of drug-likeness (QED) is 0.109. The number of hydrogen-bond donors (Lipinski definition) is 4. The maximum Gasteiger partial charge on any atom is 0.328 e. The van der Waals surface area contributed by atoms with Crippen LogP contribution < -0.4 is 26.4 Å². The first kappa shape index (κ1) is 31.0. The molecule has 0 bridgehead atoms. The van der Waals surface area contributed by atoms with Crippen LogP contribution >= 0.6 is 23.2 Å². The second-order valence-corrected chi connectivity index (χ2v) is 10.7. The molecule has 0 fully saturated rings. The molecule has 12 nitrogen and oxygen atoms in total. The van der Waals surface area contributed by atoms with Crippen LogP contribution in [0, 0.1) is 0 Å². The summed E-state index contributed by atoms with van der Waals surface area (Å²) in [6, 6.07) is 7.14. The van der Waals surface area contributed by atoms with Crippen molar-refractivity contribution < 1.29 is 32.6 Å². The Bertz CT molecular complexity index is 1290. The Labute approximate surface area is 230 Å². The van der Waals surface area contributed by atoms with E-state index in [-0.39, 0.29) is 47.6 Å². The van der Waals surface area contributed by atoms with E-state index in [1.54, 1.807) is 12.1 Å². The zero-order valence-electron chi connectivity index (χ0n) is 20.7. The lowest BCUT2D eigenvalue weighted by atomic mass is 10.1. The van der Waals surface area contributed by atoms with Gasteiger partial charge in [-0.1, -0.05) is 29.3 Å². The monoisotopic (exact) mass is 589 g/mol. The highest BCUT2D eigenvalue weighted by Gasteiger charge is 2.33. The van der Waals surface area contributed by atoms with Gasteiger partial charge < -0.3 is 26.0 Å². The molecule has 1 atom stereocenters. The van der Waals surface area contributed by atoms with Crippen LogP contribution in [0.25, 0.3) is 0 Å². The van der Waals surface area contributed by atoms with Crippen molar-refractivity contribution in [2.45, 2.75) is 30.3 Å². The van der Waals surface area contributed by atoms with Crippen molar-refractivity contribution in [1.29, 1.82) is 0 Å². The van der Waals surface area contributed by atoms with E-state index in [1.807, 2.05) is 0 Å². The molecule has 2 aromatic carbocycles. The lowest BCUT2D eigenvalue weighted by Crippen LogP contribution is -2.54. The van der Waals surface area contributed by atoms with E-state index in [4.69, 9.17) is 44.1 Å². The molecule has 2 aromatic rings. The van der Waals surface area contributed by atoms with Crippen molar-refractivity contribution in [3.63, 3.8) is 0 Å². The number of methoxy groups -OCH3 is 2. The molecule has 0 aliphatic carbocycles. The Morgan fingerprint density at radius 3 is 2.34 bits per heavy atom. The van der Waals surface area contributed by atoms with E-state index < -0.39 is 33.5 Å². The van der Waals surface area contributed by atoms with E-state index in [0.29, 0.717) is 16.3 Å². The molecule has 1 amide bonds. The van der Waals surface area contributed by atoms with Gasteiger partial charge in [0.05, 0.1) is 29.2 Å². The predicted molar refractivity (Wildman–Crippen MR) is 143 cm³/mol. The minimum atomic E-state index is -4.21. The summed E-state index contributed by atoms with van der Waals surface area (Å²) in [6.45, 7) is 0.0710. The van der Waals surface area contributed by atoms with Gasteiger partial charge in [-0.05, 0) is 42.7 Å². The maximum atomic E-state index is 13.3. The average Bonchev–Trinajstić information content (AvgIpc) is 2.86. The molecule has 15 heteroatoms. The van der Waals surface area contributed by atoms with Gasteiger partial charge in [0.15, 0.2) is 27.3 Å². The highest BCUT2D eigenvalue weighted by atomic mass is 35.5. The number of rotatable bonds is 14. The summed E-state index contributed by atoms with van der Waals surface area (Å²) in [6.07, 6.45) is 0.137. The number of amides is 1. The number of halogens is 2. The highest BCUT2D eigenvalue weighted by Crippen LogP contribution is 2.30. The number of benzene rings is 2. The minimum Gasteiger partial charge on any atom is -0.493 e. The molecule has 2 rings (SSSR count). The number of guanidine groups is 1. The molecule has 0 aromatic heterocycles. The summed E-state index contributed by atoms with van der Waals surface area (Å²) in [5.74, 6) is -3.08. The fraction of sp³-hybridized carbons (Fsp3) is 0.348. The minimum absolute atomic E-state index is 0.0449. The van der Waals surface area contributed by atoms with Gasteiger partial charge in [-0.25, -0.2) is 18.6 Å². The van der Waals surface area contributed by atoms with Crippen LogP contribution in [-0.2, 0) is 26.0 Å². The first-order valence-corrected chi connectivity index (χ1v) is 13.5. The van der Waals surface area contributed by atoms with Gasteiger partial charge in [0.25, 0.3) is 5.91 Å². The lowest BCUT2D eigenvalue weighted by molar-refractivity contribution is -0.152. The normalized spacial score (nSPS) is 11.9. The largest absolute Gasteiger partial charge is 0.493 e. The summed E-state index contributed by atoms with van der Waals surface area (Å²) in [5, 5.41) is 11.2. The number of carboxylic acids is 1. The van der Waals surface area contributed by atoms with Crippen molar-refractivity contribution in [3.8, 4) is 11.5 Å². The molecule has 0 saturated carbocycles. The zero-order chi connectivity index (χ0) is 28.5. The van der Waals surface area contributed by atoms with Crippen molar-refractivity contribution in [2.24, 2.45) is 16.5 Å². The SMILES string of the molecule is COc1ccc(S(=O)(=O)CC(=O)N(NCc2ccc(Cl)c(Cl)c2)[C@@H](CCCN=C(N)N)C(=O)O)cc1OC. The lowest BCUT2D eigenvalue weighted by Gasteiger charge is -2.29. The topological polar surface area (TPSA) is 187 Å². The van der Waals surface area contributed by atoms with Crippen LogP contribution in [-0.4, -0.2) is 68.9 Å². The van der Waals surface area contributed by atoms with Crippen molar-refractivity contribution >= 4 is 50.9 Å². The number of nitrogens with one attached hydrogen (secondary N) is 1. The Hall–Kier alpha value is -3.26. The number of carbonyl (C=O) groups is 2. The van der Waals surface area contributed by atoms with Crippen molar-refractivity contribution in [3.05, 3.63) is 52.0 Å². The molecule has 6 N–H and O–H groups in total. The standard InChI is InChI=1S/C23H29Cl2N5O7S/c1-36-19-8-6-15(11-20(19)37-2)38(34,35)13-21(31)30(18(22(32)33)4-3-9-28-23(26)27)29-12-14-5-7-16(24)17(25)10-14/h5-8,10-11,18,29H,3-4,9,12-13H2,1-2H3,(H,32,33)(H4,26,27,28)/t18-/m0/s1. The van der Waals surface area contributed by atoms with E-state index in [2.05, 4.69) is 10.4 Å². The molecule has 208 valence electrons. The van der Waals surface area contributed by atoms with Gasteiger partial charge in [0, 0.05) is 19.2 Å². The van der Waals surface area contributed by atoms with E-state index in [1.165, 1.54) is 38.5 Å². The average molecular weight is 590 g/mol. The van der Waals surface area contributed by atoms with E-state index in [0.717, 1.165) is 5.01 Å². The number of nitrogens with zero attached hydrogens (tertiary/aromatic N) is 2. The number of nitrogens with two attached hydrogens (primary N) is 2. The molecule has 0 aliphatic heterocycles. The van der Waals surface area contributed by atoms with E-state index >= 15 is 0 Å². The predicted octanol–water partition coefficient (Wildman–Crippen LogP) is 1.82.